The van der Waals surface area contributed by atoms with Crippen molar-refractivity contribution < 1.29 is 22.7 Å². The van der Waals surface area contributed by atoms with Crippen LogP contribution in [-0.4, -0.2) is 38.0 Å². The molecule has 0 fully saturated rings. The Labute approximate surface area is 254 Å². The van der Waals surface area contributed by atoms with Crippen molar-refractivity contribution in [2.75, 3.05) is 7.11 Å². The fourth-order valence-electron chi connectivity index (χ4n) is 5.32. The third-order valence-electron chi connectivity index (χ3n) is 7.35. The Kier molecular flexibility index (Phi) is 10.3. The summed E-state index contributed by atoms with van der Waals surface area (Å²) in [5.74, 6) is -0.146. The lowest BCUT2D eigenvalue weighted by molar-refractivity contribution is -0.121. The summed E-state index contributed by atoms with van der Waals surface area (Å²) in [6, 6.07) is 18.2. The molecule has 1 heterocycles. The topological polar surface area (TPSA) is 106 Å². The van der Waals surface area contributed by atoms with Crippen molar-refractivity contribution in [1.82, 2.24) is 14.6 Å². The maximum absolute atomic E-state index is 13.0. The normalized spacial score (nSPS) is 11.6. The third-order valence-corrected chi connectivity index (χ3v) is 8.84. The van der Waals surface area contributed by atoms with E-state index >= 15 is 0 Å². The molecule has 0 radical (unpaired) electrons. The molecule has 0 aliphatic heterocycles. The quantitative estimate of drug-likeness (QED) is 0.197. The number of hydrogen-bond donors (Lipinski definition) is 2. The fourth-order valence-corrected chi connectivity index (χ4v) is 6.54. The smallest absolute Gasteiger partial charge is 0.265 e. The number of carbonyl (C=O) groups excluding carboxylic acids is 2. The van der Waals surface area contributed by atoms with E-state index in [9.17, 15) is 18.0 Å². The number of ether oxygens (including phenoxy) is 1. The van der Waals surface area contributed by atoms with Crippen molar-refractivity contribution in [2.24, 2.45) is 0 Å². The molecule has 0 aliphatic carbocycles. The second-order valence-electron chi connectivity index (χ2n) is 11.2. The molecule has 3 aromatic carbocycles. The maximum Gasteiger partial charge on any atom is 0.265 e. The molecular formula is C34H41N3O5S. The third kappa shape index (κ3) is 7.84. The molecule has 0 bridgehead atoms. The lowest BCUT2D eigenvalue weighted by atomic mass is 9.99. The standard InChI is InChI=1S/C34H41N3O5S/c1-6-18-37-22-28(29-19-25(14-17-30(29)37)11-9-13-33(38)35-23(2)3)20-26-15-16-27(21-31(26)42-5)34(39)36-43(40,41)32-12-8-7-10-24(32)4/h7-8,10,12,14-17,19,21-23H,6,9,11,13,18,20H2,1-5H3,(H,35,38)(H,36,39). The van der Waals surface area contributed by atoms with Crippen LogP contribution in [0.5, 0.6) is 5.75 Å². The van der Waals surface area contributed by atoms with Gasteiger partial charge in [0, 0.05) is 48.1 Å². The fraction of sp³-hybridized carbons (Fsp3) is 0.353. The van der Waals surface area contributed by atoms with Gasteiger partial charge in [-0.1, -0.05) is 37.3 Å². The Hall–Kier alpha value is -4.11. The SMILES string of the molecule is CCCn1cc(Cc2ccc(C(=O)NS(=O)(=O)c3ccccc3C)cc2OC)c2cc(CCCC(=O)NC(C)C)ccc21. The van der Waals surface area contributed by atoms with Crippen LogP contribution < -0.4 is 14.8 Å². The second kappa shape index (κ2) is 13.9. The van der Waals surface area contributed by atoms with Gasteiger partial charge in [0.15, 0.2) is 0 Å². The zero-order valence-electron chi connectivity index (χ0n) is 25.6. The molecule has 2 amide bonds. The number of rotatable bonds is 13. The molecule has 0 atom stereocenters. The minimum absolute atomic E-state index is 0.0635. The summed E-state index contributed by atoms with van der Waals surface area (Å²) in [7, 11) is -2.49. The van der Waals surface area contributed by atoms with Gasteiger partial charge in [-0.15, -0.1) is 0 Å². The van der Waals surface area contributed by atoms with Gasteiger partial charge < -0.3 is 14.6 Å². The van der Waals surface area contributed by atoms with Crippen LogP contribution in [0.2, 0.25) is 0 Å². The number of amides is 2. The number of methoxy groups -OCH3 is 1. The number of fused-ring (bicyclic) bond motifs is 1. The van der Waals surface area contributed by atoms with Crippen LogP contribution in [0.1, 0.15) is 72.6 Å². The molecule has 43 heavy (non-hydrogen) atoms. The maximum atomic E-state index is 13.0. The Morgan fingerprint density at radius 1 is 1.00 bits per heavy atom. The van der Waals surface area contributed by atoms with Crippen LogP contribution in [0.3, 0.4) is 0 Å². The molecule has 0 unspecified atom stereocenters. The number of aryl methyl sites for hydroxylation is 3. The highest BCUT2D eigenvalue weighted by molar-refractivity contribution is 7.90. The molecule has 8 nitrogen and oxygen atoms in total. The van der Waals surface area contributed by atoms with Gasteiger partial charge in [-0.2, -0.15) is 0 Å². The van der Waals surface area contributed by atoms with E-state index in [0.29, 0.717) is 24.2 Å². The van der Waals surface area contributed by atoms with Gasteiger partial charge in [-0.05, 0) is 92.6 Å². The van der Waals surface area contributed by atoms with Gasteiger partial charge >= 0.3 is 0 Å². The summed E-state index contributed by atoms with van der Waals surface area (Å²) >= 11 is 0. The van der Waals surface area contributed by atoms with Crippen molar-refractivity contribution >= 4 is 32.7 Å². The summed E-state index contributed by atoms with van der Waals surface area (Å²) in [6.07, 6.45) is 5.80. The summed E-state index contributed by atoms with van der Waals surface area (Å²) < 4.78 is 35.8. The van der Waals surface area contributed by atoms with Crippen LogP contribution in [0, 0.1) is 6.92 Å². The summed E-state index contributed by atoms with van der Waals surface area (Å²) in [4.78, 5) is 25.1. The van der Waals surface area contributed by atoms with Crippen LogP contribution in [0.25, 0.3) is 10.9 Å². The minimum atomic E-state index is -4.03. The van der Waals surface area contributed by atoms with E-state index in [0.717, 1.165) is 47.8 Å². The highest BCUT2D eigenvalue weighted by atomic mass is 32.2. The highest BCUT2D eigenvalue weighted by Crippen LogP contribution is 2.30. The molecule has 0 aliphatic rings. The van der Waals surface area contributed by atoms with E-state index < -0.39 is 15.9 Å². The molecule has 4 aromatic rings. The lowest BCUT2D eigenvalue weighted by Crippen LogP contribution is -2.31. The molecule has 9 heteroatoms. The highest BCUT2D eigenvalue weighted by Gasteiger charge is 2.21. The number of nitrogens with one attached hydrogen (secondary N) is 2. The van der Waals surface area contributed by atoms with Gasteiger partial charge in [-0.3, -0.25) is 9.59 Å². The monoisotopic (exact) mass is 603 g/mol. The zero-order chi connectivity index (χ0) is 31.1. The predicted octanol–water partition coefficient (Wildman–Crippen LogP) is 5.93. The first-order valence-electron chi connectivity index (χ1n) is 14.7. The number of carbonyl (C=O) groups is 2. The van der Waals surface area contributed by atoms with Crippen molar-refractivity contribution in [2.45, 2.75) is 77.3 Å². The van der Waals surface area contributed by atoms with E-state index in [4.69, 9.17) is 4.74 Å². The molecular weight excluding hydrogens is 562 g/mol. The first-order valence-corrected chi connectivity index (χ1v) is 16.2. The summed E-state index contributed by atoms with van der Waals surface area (Å²) in [5, 5.41) is 4.09. The number of sulfonamides is 1. The van der Waals surface area contributed by atoms with Crippen molar-refractivity contribution in [3.63, 3.8) is 0 Å². The first kappa shape index (κ1) is 31.8. The van der Waals surface area contributed by atoms with Gasteiger partial charge in [0.2, 0.25) is 5.91 Å². The summed E-state index contributed by atoms with van der Waals surface area (Å²) in [5.41, 5.74) is 5.07. The van der Waals surface area contributed by atoms with Gasteiger partial charge in [0.05, 0.1) is 12.0 Å². The summed E-state index contributed by atoms with van der Waals surface area (Å²) in [6.45, 7) is 8.64. The van der Waals surface area contributed by atoms with E-state index in [1.54, 1.807) is 44.4 Å². The Balaban J connectivity index is 1.56. The van der Waals surface area contributed by atoms with E-state index in [-0.39, 0.29) is 22.4 Å². The number of nitrogens with zero attached hydrogens (tertiary/aromatic N) is 1. The number of benzene rings is 3. The molecule has 1 aromatic heterocycles. The number of aromatic nitrogens is 1. The molecule has 4 rings (SSSR count). The first-order chi connectivity index (χ1) is 20.5. The van der Waals surface area contributed by atoms with Crippen LogP contribution >= 0.6 is 0 Å². The van der Waals surface area contributed by atoms with Crippen LogP contribution in [-0.2, 0) is 34.2 Å². The van der Waals surface area contributed by atoms with E-state index in [1.807, 2.05) is 19.9 Å². The van der Waals surface area contributed by atoms with E-state index in [1.165, 1.54) is 11.6 Å². The van der Waals surface area contributed by atoms with Gasteiger partial charge in [0.1, 0.15) is 5.75 Å². The largest absolute Gasteiger partial charge is 0.496 e. The molecule has 0 saturated heterocycles. The molecule has 228 valence electrons. The van der Waals surface area contributed by atoms with Crippen molar-refractivity contribution in [3.05, 3.63) is 94.7 Å². The average molecular weight is 604 g/mol. The predicted molar refractivity (Wildman–Crippen MR) is 170 cm³/mol. The minimum Gasteiger partial charge on any atom is -0.496 e. The average Bonchev–Trinajstić information content (AvgIpc) is 3.29. The molecule has 2 N–H and O–H groups in total. The van der Waals surface area contributed by atoms with Crippen LogP contribution in [0.4, 0.5) is 0 Å². The molecule has 0 spiro atoms. The Morgan fingerprint density at radius 3 is 2.47 bits per heavy atom. The molecule has 0 saturated carbocycles. The Bertz CT molecular complexity index is 1720. The zero-order valence-corrected chi connectivity index (χ0v) is 26.4. The number of hydrogen-bond acceptors (Lipinski definition) is 5. The lowest BCUT2D eigenvalue weighted by Gasteiger charge is -2.12. The second-order valence-corrected chi connectivity index (χ2v) is 12.8. The van der Waals surface area contributed by atoms with Crippen molar-refractivity contribution in [1.29, 1.82) is 0 Å². The van der Waals surface area contributed by atoms with E-state index in [2.05, 4.69) is 45.9 Å². The Morgan fingerprint density at radius 2 is 1.77 bits per heavy atom. The van der Waals surface area contributed by atoms with Gasteiger partial charge in [-0.25, -0.2) is 13.1 Å². The van der Waals surface area contributed by atoms with Gasteiger partial charge in [0.25, 0.3) is 15.9 Å². The van der Waals surface area contributed by atoms with Crippen molar-refractivity contribution in [3.8, 4) is 5.75 Å². The van der Waals surface area contributed by atoms with Crippen LogP contribution in [0.15, 0.2) is 71.8 Å².